The SMILES string of the molecule is Cc1ncc(-c2ccc3c(c2)N(c2cc[nH]n2)C(=O)C3(C)C)cn1.Cc1ncc(-c2ccc3c(c2)N(c2nnc(C)o2)C(=O)C3(C)C)cn1. The Morgan fingerprint density at radius 3 is 1.57 bits per heavy atom. The van der Waals surface area contributed by atoms with Gasteiger partial charge in [0.25, 0.3) is 0 Å². The Kier molecular flexibility index (Phi) is 7.42. The standard InChI is InChI=1S/C18H17N5O2.C18H17N5O/c1-10-19-8-13(9-20-10)12-5-6-14-15(7-12)23(16(24)18(14,3)4)17-22-21-11(2)25-17;1-11-19-9-13(10-20-11)12-4-5-14-15(8-12)23(16-6-7-21-22-16)17(24)18(14,2)3/h5-9H,1-4H3;4-10H,1-3H3,(H,21,22). The van der Waals surface area contributed by atoms with Crippen LogP contribution in [0.1, 0.15) is 56.4 Å². The van der Waals surface area contributed by atoms with E-state index in [0.717, 1.165) is 50.6 Å². The van der Waals surface area contributed by atoms with Crippen LogP contribution in [-0.2, 0) is 20.4 Å². The van der Waals surface area contributed by atoms with Gasteiger partial charge in [-0.05, 0) is 75.9 Å². The number of benzene rings is 2. The van der Waals surface area contributed by atoms with Crippen LogP contribution in [0.4, 0.5) is 23.2 Å². The number of aromatic nitrogens is 8. The van der Waals surface area contributed by atoms with Crippen molar-refractivity contribution >= 4 is 35.0 Å². The lowest BCUT2D eigenvalue weighted by Gasteiger charge is -2.18. The van der Waals surface area contributed by atoms with Gasteiger partial charge in [0, 0.05) is 55.1 Å². The van der Waals surface area contributed by atoms with Gasteiger partial charge in [0.05, 0.1) is 22.2 Å². The lowest BCUT2D eigenvalue weighted by atomic mass is 9.85. The molecule has 6 aromatic rings. The molecule has 0 radical (unpaired) electrons. The van der Waals surface area contributed by atoms with Gasteiger partial charge >= 0.3 is 6.01 Å². The number of fused-ring (bicyclic) bond motifs is 2. The minimum atomic E-state index is -0.667. The highest BCUT2D eigenvalue weighted by Gasteiger charge is 2.47. The number of nitrogens with zero attached hydrogens (tertiary/aromatic N) is 9. The summed E-state index contributed by atoms with van der Waals surface area (Å²) in [7, 11) is 0. The highest BCUT2D eigenvalue weighted by molar-refractivity contribution is 6.13. The normalized spacial score (nSPS) is 15.6. The van der Waals surface area contributed by atoms with E-state index in [1.807, 2.05) is 77.9 Å². The maximum absolute atomic E-state index is 13.0. The number of rotatable bonds is 4. The highest BCUT2D eigenvalue weighted by atomic mass is 16.4. The van der Waals surface area contributed by atoms with Crippen LogP contribution in [-0.4, -0.2) is 52.1 Å². The average molecular weight is 655 g/mol. The summed E-state index contributed by atoms with van der Waals surface area (Å²) in [4.78, 5) is 46.0. The molecule has 0 fully saturated rings. The number of aromatic amines is 1. The average Bonchev–Trinajstić information content (AvgIpc) is 3.84. The van der Waals surface area contributed by atoms with Crippen molar-refractivity contribution in [2.24, 2.45) is 0 Å². The van der Waals surface area contributed by atoms with Crippen LogP contribution in [0.2, 0.25) is 0 Å². The molecule has 246 valence electrons. The smallest absolute Gasteiger partial charge is 0.329 e. The molecule has 2 aromatic carbocycles. The first kappa shape index (κ1) is 31.5. The van der Waals surface area contributed by atoms with Crippen LogP contribution >= 0.6 is 0 Å². The lowest BCUT2D eigenvalue weighted by Crippen LogP contribution is -2.33. The van der Waals surface area contributed by atoms with Crippen LogP contribution in [0.25, 0.3) is 22.3 Å². The third kappa shape index (κ3) is 5.32. The van der Waals surface area contributed by atoms with Crippen LogP contribution in [0.3, 0.4) is 0 Å². The van der Waals surface area contributed by atoms with Gasteiger partial charge in [-0.15, -0.1) is 5.10 Å². The van der Waals surface area contributed by atoms with E-state index in [-0.39, 0.29) is 17.8 Å². The molecule has 0 saturated carbocycles. The van der Waals surface area contributed by atoms with Crippen LogP contribution in [0.15, 0.2) is 77.9 Å². The molecular formula is C36H34N10O3. The molecule has 0 bridgehead atoms. The fourth-order valence-corrected chi connectivity index (χ4v) is 6.11. The predicted molar refractivity (Wildman–Crippen MR) is 182 cm³/mol. The number of carbonyl (C=O) groups is 2. The summed E-state index contributed by atoms with van der Waals surface area (Å²) in [5, 5.41) is 14.8. The molecule has 8 rings (SSSR count). The van der Waals surface area contributed by atoms with E-state index in [1.54, 1.807) is 48.9 Å². The molecule has 0 aliphatic carbocycles. The second-order valence-electron chi connectivity index (χ2n) is 13.1. The zero-order valence-electron chi connectivity index (χ0n) is 28.2. The van der Waals surface area contributed by atoms with Crippen molar-refractivity contribution in [3.8, 4) is 22.3 Å². The van der Waals surface area contributed by atoms with Crippen molar-refractivity contribution in [1.82, 2.24) is 40.3 Å². The summed E-state index contributed by atoms with van der Waals surface area (Å²) in [6.45, 7) is 13.1. The lowest BCUT2D eigenvalue weighted by molar-refractivity contribution is -0.122. The third-order valence-corrected chi connectivity index (χ3v) is 8.95. The Morgan fingerprint density at radius 1 is 0.633 bits per heavy atom. The molecule has 0 saturated heterocycles. The van der Waals surface area contributed by atoms with Gasteiger partial charge in [0.2, 0.25) is 17.7 Å². The van der Waals surface area contributed by atoms with Crippen LogP contribution in [0, 0.1) is 20.8 Å². The molecule has 6 heterocycles. The van der Waals surface area contributed by atoms with Crippen molar-refractivity contribution < 1.29 is 14.0 Å². The topological polar surface area (TPSA) is 160 Å². The molecule has 1 N–H and O–H groups in total. The van der Waals surface area contributed by atoms with Gasteiger partial charge in [-0.25, -0.2) is 24.8 Å². The monoisotopic (exact) mass is 654 g/mol. The minimum absolute atomic E-state index is 0.0157. The summed E-state index contributed by atoms with van der Waals surface area (Å²) in [6.07, 6.45) is 8.85. The Morgan fingerprint density at radius 2 is 1.12 bits per heavy atom. The van der Waals surface area contributed by atoms with Crippen molar-refractivity contribution in [3.63, 3.8) is 0 Å². The zero-order valence-corrected chi connectivity index (χ0v) is 28.2. The summed E-state index contributed by atoms with van der Waals surface area (Å²) in [6, 6.07) is 13.9. The second kappa shape index (κ2) is 11.5. The maximum atomic E-state index is 13.0. The maximum Gasteiger partial charge on any atom is 0.329 e. The van der Waals surface area contributed by atoms with Gasteiger partial charge in [-0.3, -0.25) is 19.6 Å². The Labute approximate surface area is 282 Å². The Hall–Kier alpha value is -6.11. The number of hydrogen-bond acceptors (Lipinski definition) is 10. The van der Waals surface area contributed by atoms with E-state index < -0.39 is 10.8 Å². The number of amides is 2. The van der Waals surface area contributed by atoms with Crippen LogP contribution in [0.5, 0.6) is 0 Å². The van der Waals surface area contributed by atoms with Gasteiger partial charge in [-0.2, -0.15) is 5.10 Å². The number of aryl methyl sites for hydroxylation is 3. The molecule has 13 nitrogen and oxygen atoms in total. The fraction of sp³-hybridized carbons (Fsp3) is 0.250. The quantitative estimate of drug-likeness (QED) is 0.231. The van der Waals surface area contributed by atoms with E-state index in [0.29, 0.717) is 17.5 Å². The predicted octanol–water partition coefficient (Wildman–Crippen LogP) is 6.23. The zero-order chi connectivity index (χ0) is 34.7. The van der Waals surface area contributed by atoms with Crippen molar-refractivity contribution in [2.45, 2.75) is 59.3 Å². The summed E-state index contributed by atoms with van der Waals surface area (Å²) >= 11 is 0. The van der Waals surface area contributed by atoms with Gasteiger partial charge < -0.3 is 4.42 Å². The number of anilines is 4. The van der Waals surface area contributed by atoms with E-state index in [2.05, 4.69) is 40.3 Å². The van der Waals surface area contributed by atoms with Crippen molar-refractivity contribution in [1.29, 1.82) is 0 Å². The Balaban J connectivity index is 0.000000154. The molecule has 0 atom stereocenters. The number of H-pyrrole nitrogens is 1. The first-order chi connectivity index (χ1) is 23.4. The molecule has 2 aliphatic rings. The van der Waals surface area contributed by atoms with Crippen LogP contribution < -0.4 is 9.80 Å². The summed E-state index contributed by atoms with van der Waals surface area (Å²) in [5.41, 5.74) is 5.96. The number of nitrogens with one attached hydrogen (secondary N) is 1. The van der Waals surface area contributed by atoms with E-state index in [9.17, 15) is 9.59 Å². The van der Waals surface area contributed by atoms with E-state index in [1.165, 1.54) is 4.90 Å². The number of hydrogen-bond donors (Lipinski definition) is 1. The fourth-order valence-electron chi connectivity index (χ4n) is 6.11. The van der Waals surface area contributed by atoms with Gasteiger partial charge in [-0.1, -0.05) is 29.4 Å². The highest BCUT2D eigenvalue weighted by Crippen LogP contribution is 2.47. The Bertz CT molecular complexity index is 2210. The number of carbonyl (C=O) groups excluding carboxylic acids is 2. The summed E-state index contributed by atoms with van der Waals surface area (Å²) in [5.74, 6) is 2.38. The van der Waals surface area contributed by atoms with E-state index in [4.69, 9.17) is 4.42 Å². The minimum Gasteiger partial charge on any atom is -0.408 e. The van der Waals surface area contributed by atoms with Crippen molar-refractivity contribution in [3.05, 3.63) is 102 Å². The molecule has 0 unspecified atom stereocenters. The third-order valence-electron chi connectivity index (χ3n) is 8.95. The second-order valence-corrected chi connectivity index (χ2v) is 13.1. The molecule has 0 spiro atoms. The molecular weight excluding hydrogens is 620 g/mol. The first-order valence-electron chi connectivity index (χ1n) is 15.7. The molecule has 2 amide bonds. The van der Waals surface area contributed by atoms with E-state index >= 15 is 0 Å². The van der Waals surface area contributed by atoms with Gasteiger partial charge in [0.15, 0.2) is 5.82 Å². The molecule has 13 heteroatoms. The molecule has 4 aromatic heterocycles. The first-order valence-corrected chi connectivity index (χ1v) is 15.7. The van der Waals surface area contributed by atoms with Gasteiger partial charge in [0.1, 0.15) is 11.6 Å². The van der Waals surface area contributed by atoms with Crippen molar-refractivity contribution in [2.75, 3.05) is 9.80 Å². The summed E-state index contributed by atoms with van der Waals surface area (Å²) < 4.78 is 5.51. The molecule has 49 heavy (non-hydrogen) atoms. The largest absolute Gasteiger partial charge is 0.408 e. The molecule has 2 aliphatic heterocycles.